The van der Waals surface area contributed by atoms with Crippen LogP contribution < -0.4 is 9.47 Å². The smallest absolute Gasteiger partial charge is 0.317 e. The lowest BCUT2D eigenvalue weighted by Gasteiger charge is -2.22. The van der Waals surface area contributed by atoms with Gasteiger partial charge in [-0.2, -0.15) is 0 Å². The Labute approximate surface area is 225 Å². The van der Waals surface area contributed by atoms with Crippen molar-refractivity contribution in [3.05, 3.63) is 113 Å². The van der Waals surface area contributed by atoms with Gasteiger partial charge < -0.3 is 19.3 Å². The first-order valence-corrected chi connectivity index (χ1v) is 12.7. The zero-order valence-corrected chi connectivity index (χ0v) is 22.5. The van der Waals surface area contributed by atoms with Gasteiger partial charge in [0.1, 0.15) is 11.5 Å². The van der Waals surface area contributed by atoms with Gasteiger partial charge in [-0.15, -0.1) is 0 Å². The second-order valence-electron chi connectivity index (χ2n) is 9.50. The monoisotopic (exact) mass is 512 g/mol. The van der Waals surface area contributed by atoms with Crippen LogP contribution in [-0.4, -0.2) is 24.0 Å². The molecule has 0 heterocycles. The van der Waals surface area contributed by atoms with Crippen molar-refractivity contribution in [2.45, 2.75) is 40.4 Å². The highest BCUT2D eigenvalue weighted by atomic mass is 16.7. The second-order valence-corrected chi connectivity index (χ2v) is 9.50. The topological polar surface area (TPSA) is 65.0 Å². The molecule has 1 N–H and O–H groups in total. The number of esters is 1. The molecular formula is C33H36O5. The predicted molar refractivity (Wildman–Crippen MR) is 154 cm³/mol. The molecule has 0 aromatic heterocycles. The Morgan fingerprint density at radius 2 is 1.32 bits per heavy atom. The number of ether oxygens (including phenoxy) is 3. The fourth-order valence-corrected chi connectivity index (χ4v) is 3.76. The van der Waals surface area contributed by atoms with E-state index in [-0.39, 0.29) is 12.3 Å². The van der Waals surface area contributed by atoms with E-state index in [0.717, 1.165) is 34.3 Å². The van der Waals surface area contributed by atoms with Crippen LogP contribution in [0.15, 0.2) is 91.2 Å². The van der Waals surface area contributed by atoms with Crippen molar-refractivity contribution >= 4 is 24.2 Å². The Morgan fingerprint density at radius 3 is 1.84 bits per heavy atom. The second kappa shape index (κ2) is 14.0. The van der Waals surface area contributed by atoms with Gasteiger partial charge in [-0.1, -0.05) is 72.8 Å². The Morgan fingerprint density at radius 1 is 0.816 bits per heavy atom. The summed E-state index contributed by atoms with van der Waals surface area (Å²) in [4.78, 5) is 12.8. The number of aliphatic hydroxyl groups is 1. The first-order chi connectivity index (χ1) is 18.3. The van der Waals surface area contributed by atoms with Crippen LogP contribution in [0.4, 0.5) is 0 Å². The summed E-state index contributed by atoms with van der Waals surface area (Å²) in [7, 11) is 0. The molecule has 198 valence electrons. The third kappa shape index (κ3) is 9.09. The van der Waals surface area contributed by atoms with Crippen LogP contribution in [0.2, 0.25) is 0 Å². The number of rotatable bonds is 12. The molecule has 3 rings (SSSR count). The summed E-state index contributed by atoms with van der Waals surface area (Å²) >= 11 is 0. The number of hydrogen-bond acceptors (Lipinski definition) is 5. The van der Waals surface area contributed by atoms with Crippen LogP contribution in [-0.2, 0) is 16.0 Å². The molecule has 0 amide bonds. The lowest BCUT2D eigenvalue weighted by Crippen LogP contribution is -2.31. The molecule has 0 aliphatic carbocycles. The molecule has 38 heavy (non-hydrogen) atoms. The Kier molecular flexibility index (Phi) is 10.5. The molecule has 0 saturated carbocycles. The van der Waals surface area contributed by atoms with Crippen LogP contribution in [0.3, 0.4) is 0 Å². The van der Waals surface area contributed by atoms with E-state index < -0.39 is 5.41 Å². The van der Waals surface area contributed by atoms with Gasteiger partial charge in [0, 0.05) is 6.61 Å². The first kappa shape index (κ1) is 28.5. The van der Waals surface area contributed by atoms with Crippen molar-refractivity contribution < 1.29 is 24.1 Å². The zero-order chi connectivity index (χ0) is 27.4. The fraction of sp³-hybridized carbons (Fsp3) is 0.242. The van der Waals surface area contributed by atoms with Gasteiger partial charge in [0.2, 0.25) is 0 Å². The van der Waals surface area contributed by atoms with Gasteiger partial charge >= 0.3 is 5.97 Å². The summed E-state index contributed by atoms with van der Waals surface area (Å²) < 4.78 is 16.7. The summed E-state index contributed by atoms with van der Waals surface area (Å²) in [5.74, 6) is 1.00. The number of carbonyl (C=O) groups is 1. The van der Waals surface area contributed by atoms with Gasteiger partial charge in [0.25, 0.3) is 0 Å². The molecule has 1 unspecified atom stereocenters. The van der Waals surface area contributed by atoms with E-state index in [9.17, 15) is 4.79 Å². The molecule has 3 aromatic rings. The minimum Gasteiger partial charge on any atom is -0.516 e. The highest BCUT2D eigenvalue weighted by Crippen LogP contribution is 2.26. The molecule has 0 aliphatic rings. The van der Waals surface area contributed by atoms with Crippen molar-refractivity contribution in [1.29, 1.82) is 0 Å². The molecule has 0 aliphatic heterocycles. The summed E-state index contributed by atoms with van der Waals surface area (Å²) in [6, 6.07) is 23.0. The van der Waals surface area contributed by atoms with E-state index in [2.05, 4.69) is 0 Å². The first-order valence-electron chi connectivity index (χ1n) is 12.7. The van der Waals surface area contributed by atoms with Crippen LogP contribution in [0.25, 0.3) is 18.2 Å². The molecule has 5 heteroatoms. The Hall–Kier alpha value is -4.09. The SMILES string of the molecule is CCOC(C)Oc1ccc(C=CC=Cc2ccc(OC(=O)C(C)(C)Cc3ccc(C=CO)cc3)cc2)cc1. The average molecular weight is 513 g/mol. The van der Waals surface area contributed by atoms with E-state index in [1.807, 2.05) is 113 Å². The maximum Gasteiger partial charge on any atom is 0.317 e. The molecule has 0 fully saturated rings. The Bertz CT molecular complexity index is 1230. The van der Waals surface area contributed by atoms with E-state index in [1.54, 1.807) is 18.2 Å². The summed E-state index contributed by atoms with van der Waals surface area (Å²) in [5, 5.41) is 8.89. The molecule has 3 aromatic carbocycles. The minimum absolute atomic E-state index is 0.273. The number of allylic oxidation sites excluding steroid dienone is 2. The van der Waals surface area contributed by atoms with Crippen molar-refractivity contribution in [2.24, 2.45) is 5.41 Å². The summed E-state index contributed by atoms with van der Waals surface area (Å²) in [5.41, 5.74) is 3.29. The zero-order valence-electron chi connectivity index (χ0n) is 22.5. The summed E-state index contributed by atoms with van der Waals surface area (Å²) in [6.07, 6.45) is 10.8. The predicted octanol–water partition coefficient (Wildman–Crippen LogP) is 7.88. The van der Waals surface area contributed by atoms with Crippen LogP contribution in [0, 0.1) is 5.41 Å². The fourth-order valence-electron chi connectivity index (χ4n) is 3.76. The van der Waals surface area contributed by atoms with Gasteiger partial charge in [0.05, 0.1) is 11.7 Å². The van der Waals surface area contributed by atoms with E-state index >= 15 is 0 Å². The average Bonchev–Trinajstić information content (AvgIpc) is 2.90. The van der Waals surface area contributed by atoms with Crippen molar-refractivity contribution in [3.63, 3.8) is 0 Å². The van der Waals surface area contributed by atoms with Crippen LogP contribution in [0.1, 0.15) is 49.9 Å². The van der Waals surface area contributed by atoms with E-state index in [4.69, 9.17) is 19.3 Å². The molecule has 0 saturated heterocycles. The highest BCUT2D eigenvalue weighted by Gasteiger charge is 2.30. The molecule has 0 bridgehead atoms. The number of benzene rings is 3. The normalized spacial score (nSPS) is 12.8. The maximum absolute atomic E-state index is 12.8. The third-order valence-electron chi connectivity index (χ3n) is 5.81. The van der Waals surface area contributed by atoms with Crippen molar-refractivity contribution in [1.82, 2.24) is 0 Å². The highest BCUT2D eigenvalue weighted by molar-refractivity contribution is 5.78. The lowest BCUT2D eigenvalue weighted by molar-refractivity contribution is -0.143. The van der Waals surface area contributed by atoms with Crippen molar-refractivity contribution in [3.8, 4) is 11.5 Å². The number of carbonyl (C=O) groups excluding carboxylic acids is 1. The maximum atomic E-state index is 12.8. The minimum atomic E-state index is -0.691. The van der Waals surface area contributed by atoms with Crippen LogP contribution >= 0.6 is 0 Å². The molecule has 0 radical (unpaired) electrons. The third-order valence-corrected chi connectivity index (χ3v) is 5.81. The molecule has 5 nitrogen and oxygen atoms in total. The molecular weight excluding hydrogens is 476 g/mol. The largest absolute Gasteiger partial charge is 0.516 e. The standard InChI is InChI=1S/C33H36O5/c1-5-36-25(2)37-30-18-14-26(15-19-30)8-6-7-9-27-16-20-31(21-17-27)38-32(35)33(3,4)24-29-12-10-28(11-13-29)22-23-34/h6-23,25,34H,5,24H2,1-4H3. The lowest BCUT2D eigenvalue weighted by atomic mass is 9.85. The number of aliphatic hydroxyl groups excluding tert-OH is 1. The quantitative estimate of drug-likeness (QED) is 0.0879. The molecule has 0 spiro atoms. The van der Waals surface area contributed by atoms with Gasteiger partial charge in [-0.25, -0.2) is 0 Å². The van der Waals surface area contributed by atoms with E-state index in [0.29, 0.717) is 18.8 Å². The molecule has 1 atom stereocenters. The van der Waals surface area contributed by atoms with Crippen molar-refractivity contribution in [2.75, 3.05) is 6.61 Å². The van der Waals surface area contributed by atoms with Crippen LogP contribution in [0.5, 0.6) is 11.5 Å². The summed E-state index contributed by atoms with van der Waals surface area (Å²) in [6.45, 7) is 8.18. The van der Waals surface area contributed by atoms with Gasteiger partial charge in [-0.05, 0) is 86.7 Å². The number of hydrogen-bond donors (Lipinski definition) is 1. The Balaban J connectivity index is 1.50. The van der Waals surface area contributed by atoms with Gasteiger partial charge in [0.15, 0.2) is 6.29 Å². The van der Waals surface area contributed by atoms with Gasteiger partial charge in [-0.3, -0.25) is 4.79 Å². The van der Waals surface area contributed by atoms with E-state index in [1.165, 1.54) is 0 Å².